The first-order valence-corrected chi connectivity index (χ1v) is 9.66. The summed E-state index contributed by atoms with van der Waals surface area (Å²) in [6, 6.07) is 0.276. The Hall–Kier alpha value is -1.37. The van der Waals surface area contributed by atoms with Crippen LogP contribution in [0.15, 0.2) is 23.5 Å². The average molecular weight is 348 g/mol. The van der Waals surface area contributed by atoms with Crippen molar-refractivity contribution in [3.05, 3.63) is 23.5 Å². The molecular weight excluding hydrogens is 316 g/mol. The molecule has 1 atom stereocenters. The van der Waals surface area contributed by atoms with E-state index in [0.717, 1.165) is 70.4 Å². The van der Waals surface area contributed by atoms with Gasteiger partial charge < -0.3 is 21.1 Å². The number of carbonyl (C=O) groups is 1. The predicted molar refractivity (Wildman–Crippen MR) is 98.3 cm³/mol. The van der Waals surface area contributed by atoms with Gasteiger partial charge >= 0.3 is 0 Å². The smallest absolute Gasteiger partial charge is 0.227 e. The Morgan fingerprint density at radius 1 is 1.16 bits per heavy atom. The molecule has 3 aliphatic rings. The summed E-state index contributed by atoms with van der Waals surface area (Å²) in [4.78, 5) is 16.9. The lowest BCUT2D eigenvalue weighted by Gasteiger charge is -2.39. The summed E-state index contributed by atoms with van der Waals surface area (Å²) >= 11 is 0. The van der Waals surface area contributed by atoms with Crippen molar-refractivity contribution in [2.45, 2.75) is 57.7 Å². The molecule has 0 spiro atoms. The Labute approximate surface area is 150 Å². The van der Waals surface area contributed by atoms with Crippen molar-refractivity contribution in [3.8, 4) is 0 Å². The highest BCUT2D eigenvalue weighted by Crippen LogP contribution is 2.25. The summed E-state index contributed by atoms with van der Waals surface area (Å²) in [6.07, 6.45) is 9.44. The molecule has 0 aromatic rings. The number of nitrogens with zero attached hydrogens (tertiary/aromatic N) is 2. The minimum atomic E-state index is -0.362. The molecule has 6 heteroatoms. The van der Waals surface area contributed by atoms with Crippen LogP contribution in [-0.2, 0) is 4.79 Å². The first kappa shape index (κ1) is 18.4. The lowest BCUT2D eigenvalue weighted by Crippen LogP contribution is -2.49. The van der Waals surface area contributed by atoms with Gasteiger partial charge in [-0.1, -0.05) is 0 Å². The SMILES string of the molecule is CC(O)N1CCN(C2=CC=C(NC(=O)C3CCC(N)CC3)CC2)CC1. The molecule has 1 saturated carbocycles. The second kappa shape index (κ2) is 8.34. The highest BCUT2D eigenvalue weighted by Gasteiger charge is 2.26. The molecule has 1 unspecified atom stereocenters. The number of amides is 1. The molecule has 0 radical (unpaired) electrons. The summed E-state index contributed by atoms with van der Waals surface area (Å²) in [5, 5.41) is 12.8. The number of hydrogen-bond donors (Lipinski definition) is 3. The molecule has 0 aromatic carbocycles. The maximum absolute atomic E-state index is 12.4. The summed E-state index contributed by atoms with van der Waals surface area (Å²) in [6.45, 7) is 5.52. The average Bonchev–Trinajstić information content (AvgIpc) is 2.63. The number of hydrogen-bond acceptors (Lipinski definition) is 5. The van der Waals surface area contributed by atoms with Crippen LogP contribution in [0.3, 0.4) is 0 Å². The first-order chi connectivity index (χ1) is 12.0. The van der Waals surface area contributed by atoms with Crippen molar-refractivity contribution < 1.29 is 9.90 Å². The lowest BCUT2D eigenvalue weighted by atomic mass is 9.86. The zero-order valence-electron chi connectivity index (χ0n) is 15.3. The fourth-order valence-electron chi connectivity index (χ4n) is 4.02. The molecule has 2 fully saturated rings. The maximum Gasteiger partial charge on any atom is 0.227 e. The number of nitrogens with one attached hydrogen (secondary N) is 1. The predicted octanol–water partition coefficient (Wildman–Crippen LogP) is 1.14. The van der Waals surface area contributed by atoms with Crippen molar-refractivity contribution in [1.82, 2.24) is 15.1 Å². The Morgan fingerprint density at radius 2 is 1.84 bits per heavy atom. The molecule has 4 N–H and O–H groups in total. The van der Waals surface area contributed by atoms with Gasteiger partial charge in [-0.25, -0.2) is 0 Å². The van der Waals surface area contributed by atoms with Crippen molar-refractivity contribution in [3.63, 3.8) is 0 Å². The van der Waals surface area contributed by atoms with Crippen LogP contribution in [0, 0.1) is 5.92 Å². The summed E-state index contributed by atoms with van der Waals surface area (Å²) in [7, 11) is 0. The Balaban J connectivity index is 1.49. The van der Waals surface area contributed by atoms with Gasteiger partial charge in [-0.2, -0.15) is 0 Å². The number of rotatable bonds is 4. The van der Waals surface area contributed by atoms with Crippen LogP contribution in [0.2, 0.25) is 0 Å². The summed E-state index contributed by atoms with van der Waals surface area (Å²) in [5.41, 5.74) is 8.29. The van der Waals surface area contributed by atoms with E-state index in [1.165, 1.54) is 5.70 Å². The third kappa shape index (κ3) is 4.84. The summed E-state index contributed by atoms with van der Waals surface area (Å²) in [5.74, 6) is 0.292. The van der Waals surface area contributed by atoms with E-state index in [1.807, 2.05) is 6.92 Å². The molecule has 0 bridgehead atoms. The molecule has 1 aliphatic heterocycles. The molecular formula is C19H32N4O2. The van der Waals surface area contributed by atoms with Crippen LogP contribution in [0.4, 0.5) is 0 Å². The summed E-state index contributed by atoms with van der Waals surface area (Å²) < 4.78 is 0. The number of nitrogens with two attached hydrogens (primary N) is 1. The van der Waals surface area contributed by atoms with Crippen molar-refractivity contribution in [2.24, 2.45) is 11.7 Å². The van der Waals surface area contributed by atoms with E-state index < -0.39 is 0 Å². The Morgan fingerprint density at radius 3 is 2.40 bits per heavy atom. The zero-order chi connectivity index (χ0) is 17.8. The molecule has 2 aliphatic carbocycles. The monoisotopic (exact) mass is 348 g/mol. The third-order valence-electron chi connectivity index (χ3n) is 5.80. The molecule has 1 amide bonds. The van der Waals surface area contributed by atoms with Gasteiger partial charge in [0.25, 0.3) is 0 Å². The highest BCUT2D eigenvalue weighted by molar-refractivity contribution is 5.80. The van der Waals surface area contributed by atoms with Crippen molar-refractivity contribution in [2.75, 3.05) is 26.2 Å². The molecule has 6 nitrogen and oxygen atoms in total. The highest BCUT2D eigenvalue weighted by atomic mass is 16.3. The van der Waals surface area contributed by atoms with Crippen LogP contribution in [0.25, 0.3) is 0 Å². The van der Waals surface area contributed by atoms with Gasteiger partial charge in [-0.15, -0.1) is 0 Å². The van der Waals surface area contributed by atoms with Gasteiger partial charge in [0, 0.05) is 49.5 Å². The zero-order valence-corrected chi connectivity index (χ0v) is 15.3. The second-order valence-electron chi connectivity index (χ2n) is 7.61. The maximum atomic E-state index is 12.4. The molecule has 1 saturated heterocycles. The van der Waals surface area contributed by atoms with Gasteiger partial charge in [-0.05, 0) is 57.6 Å². The van der Waals surface area contributed by atoms with Crippen LogP contribution in [-0.4, -0.2) is 59.3 Å². The third-order valence-corrected chi connectivity index (χ3v) is 5.80. The van der Waals surface area contributed by atoms with E-state index in [9.17, 15) is 9.90 Å². The van der Waals surface area contributed by atoms with Gasteiger partial charge in [0.2, 0.25) is 5.91 Å². The molecule has 0 aromatic heterocycles. The van der Waals surface area contributed by atoms with E-state index in [2.05, 4.69) is 27.3 Å². The number of carbonyl (C=O) groups excluding carboxylic acids is 1. The van der Waals surface area contributed by atoms with Crippen LogP contribution < -0.4 is 11.1 Å². The second-order valence-corrected chi connectivity index (χ2v) is 7.61. The van der Waals surface area contributed by atoms with Gasteiger partial charge in [-0.3, -0.25) is 9.69 Å². The van der Waals surface area contributed by atoms with Gasteiger partial charge in [0.05, 0.1) is 0 Å². The lowest BCUT2D eigenvalue weighted by molar-refractivity contribution is -0.125. The normalized spacial score (nSPS) is 29.6. The minimum Gasteiger partial charge on any atom is -0.379 e. The Bertz CT molecular complexity index is 528. The number of aliphatic hydroxyl groups is 1. The standard InChI is InChI=1S/C19H32N4O2/c1-14(24)22-10-12-23(13-11-22)18-8-6-17(7-9-18)21-19(25)15-2-4-16(20)5-3-15/h6,8,14-16,24H,2-5,7,9-13,20H2,1H3,(H,21,25). The molecule has 1 heterocycles. The van der Waals surface area contributed by atoms with E-state index >= 15 is 0 Å². The topological polar surface area (TPSA) is 81.8 Å². The molecule has 3 rings (SSSR count). The fourth-order valence-corrected chi connectivity index (χ4v) is 4.02. The van der Waals surface area contributed by atoms with Crippen LogP contribution in [0.5, 0.6) is 0 Å². The number of allylic oxidation sites excluding steroid dienone is 4. The first-order valence-electron chi connectivity index (χ1n) is 9.66. The van der Waals surface area contributed by atoms with Crippen molar-refractivity contribution >= 4 is 5.91 Å². The van der Waals surface area contributed by atoms with Crippen LogP contribution in [0.1, 0.15) is 45.4 Å². The quantitative estimate of drug-likeness (QED) is 0.710. The number of piperazine rings is 1. The fraction of sp³-hybridized carbons (Fsp3) is 0.737. The molecule has 25 heavy (non-hydrogen) atoms. The minimum absolute atomic E-state index is 0.125. The van der Waals surface area contributed by atoms with Gasteiger partial charge in [0.15, 0.2) is 0 Å². The van der Waals surface area contributed by atoms with E-state index in [-0.39, 0.29) is 24.1 Å². The van der Waals surface area contributed by atoms with E-state index in [0.29, 0.717) is 0 Å². The Kier molecular flexibility index (Phi) is 6.15. The van der Waals surface area contributed by atoms with Gasteiger partial charge in [0.1, 0.15) is 6.23 Å². The van der Waals surface area contributed by atoms with Crippen molar-refractivity contribution in [1.29, 1.82) is 0 Å². The van der Waals surface area contributed by atoms with E-state index in [1.54, 1.807) is 0 Å². The largest absolute Gasteiger partial charge is 0.379 e. The van der Waals surface area contributed by atoms with Crippen LogP contribution >= 0.6 is 0 Å². The van der Waals surface area contributed by atoms with E-state index in [4.69, 9.17) is 5.73 Å². The number of aliphatic hydroxyl groups excluding tert-OH is 1. The molecule has 140 valence electrons.